The van der Waals surface area contributed by atoms with Gasteiger partial charge in [0.2, 0.25) is 12.4 Å². The Labute approximate surface area is 185 Å². The Balaban J connectivity index is 2.43. The van der Waals surface area contributed by atoms with Crippen molar-refractivity contribution >= 4 is 30.0 Å². The Kier molecular flexibility index (Phi) is 8.77. The van der Waals surface area contributed by atoms with Gasteiger partial charge in [0.05, 0.1) is 0 Å². The summed E-state index contributed by atoms with van der Waals surface area (Å²) in [6.45, 7) is 8.01. The highest BCUT2D eigenvalue weighted by molar-refractivity contribution is 5.68. The molecule has 0 amide bonds. The van der Waals surface area contributed by atoms with Crippen molar-refractivity contribution in [3.8, 4) is 5.75 Å². The summed E-state index contributed by atoms with van der Waals surface area (Å²) in [7, 11) is 0. The fourth-order valence-corrected chi connectivity index (χ4v) is 3.10. The molecule has 10 heteroatoms. The molecular weight excluding hydrogens is 424 g/mol. The first kappa shape index (κ1) is 24.9. The molecule has 0 spiro atoms. The predicted octanol–water partition coefficient (Wildman–Crippen LogP) is 1.79. The molecule has 0 unspecified atom stereocenters. The van der Waals surface area contributed by atoms with Gasteiger partial charge in [-0.05, 0) is 17.7 Å². The van der Waals surface area contributed by atoms with Gasteiger partial charge in [0.1, 0.15) is 18.5 Å². The Hall–Kier alpha value is -3.40. The van der Waals surface area contributed by atoms with E-state index >= 15 is 0 Å². The molecule has 0 saturated carbocycles. The normalized spacial score (nSPS) is 24.6. The first-order valence-corrected chi connectivity index (χ1v) is 9.80. The quantitative estimate of drug-likeness (QED) is 0.428. The van der Waals surface area contributed by atoms with E-state index in [0.717, 1.165) is 26.3 Å². The summed E-state index contributed by atoms with van der Waals surface area (Å²) in [5, 5.41) is 0. The summed E-state index contributed by atoms with van der Waals surface area (Å²) in [6, 6.07) is 6.78. The van der Waals surface area contributed by atoms with Crippen molar-refractivity contribution in [1.82, 2.24) is 0 Å². The van der Waals surface area contributed by atoms with E-state index in [2.05, 4.69) is 6.58 Å². The van der Waals surface area contributed by atoms with Crippen LogP contribution in [0, 0.1) is 0 Å². The van der Waals surface area contributed by atoms with Crippen LogP contribution in [0.3, 0.4) is 0 Å². The van der Waals surface area contributed by atoms with Gasteiger partial charge in [-0.25, -0.2) is 0 Å². The van der Waals surface area contributed by atoms with Gasteiger partial charge in [-0.2, -0.15) is 0 Å². The number of carbonyl (C=O) groups is 4. The van der Waals surface area contributed by atoms with Gasteiger partial charge in [-0.3, -0.25) is 19.2 Å². The van der Waals surface area contributed by atoms with E-state index in [-0.39, 0.29) is 6.61 Å². The minimum absolute atomic E-state index is 0.326. The second-order valence-electron chi connectivity index (χ2n) is 6.96. The summed E-state index contributed by atoms with van der Waals surface area (Å²) >= 11 is 0. The van der Waals surface area contributed by atoms with Gasteiger partial charge >= 0.3 is 23.9 Å². The van der Waals surface area contributed by atoms with E-state index in [1.807, 2.05) is 0 Å². The smallest absolute Gasteiger partial charge is 0.303 e. The number of ether oxygens (including phenoxy) is 6. The maximum Gasteiger partial charge on any atom is 0.303 e. The molecule has 0 radical (unpaired) electrons. The summed E-state index contributed by atoms with van der Waals surface area (Å²) < 4.78 is 32.7. The standard InChI is InChI=1S/C22H26O10/c1-6-16-7-9-17(10-8-16)31-22-21(30-15(5)26)20(29-14(4)25)19(28-13(3)24)18(32-22)11-27-12(2)23/h6-10,18-22H,1,11H2,2-5H3/t18-,19-,20-,21-,22+/m0/s1. The molecule has 1 aromatic rings. The van der Waals surface area contributed by atoms with Crippen LogP contribution < -0.4 is 4.74 Å². The molecular formula is C22H26O10. The predicted molar refractivity (Wildman–Crippen MR) is 109 cm³/mol. The number of esters is 4. The third-order valence-electron chi connectivity index (χ3n) is 4.32. The van der Waals surface area contributed by atoms with Gasteiger partial charge in [-0.1, -0.05) is 24.8 Å². The number of benzene rings is 1. The maximum atomic E-state index is 11.8. The molecule has 1 aliphatic rings. The van der Waals surface area contributed by atoms with Crippen molar-refractivity contribution in [2.24, 2.45) is 0 Å². The van der Waals surface area contributed by atoms with Crippen molar-refractivity contribution in [3.63, 3.8) is 0 Å². The average molecular weight is 450 g/mol. The van der Waals surface area contributed by atoms with Gasteiger partial charge in [0, 0.05) is 27.7 Å². The Bertz CT molecular complexity index is 847. The zero-order valence-electron chi connectivity index (χ0n) is 18.3. The third kappa shape index (κ3) is 7.09. The van der Waals surface area contributed by atoms with E-state index in [1.54, 1.807) is 30.3 Å². The molecule has 10 nitrogen and oxygen atoms in total. The topological polar surface area (TPSA) is 124 Å². The fourth-order valence-electron chi connectivity index (χ4n) is 3.10. The lowest BCUT2D eigenvalue weighted by molar-refractivity contribution is -0.288. The highest BCUT2D eigenvalue weighted by atomic mass is 16.7. The third-order valence-corrected chi connectivity index (χ3v) is 4.32. The first-order valence-electron chi connectivity index (χ1n) is 9.80. The molecule has 1 aromatic carbocycles. The van der Waals surface area contributed by atoms with Crippen LogP contribution in [0.15, 0.2) is 30.8 Å². The van der Waals surface area contributed by atoms with Crippen LogP contribution in [0.25, 0.3) is 6.08 Å². The fraction of sp³-hybridized carbons (Fsp3) is 0.455. The van der Waals surface area contributed by atoms with Crippen LogP contribution in [0.1, 0.15) is 33.3 Å². The lowest BCUT2D eigenvalue weighted by Crippen LogP contribution is -2.63. The lowest BCUT2D eigenvalue weighted by atomic mass is 9.98. The molecule has 0 bridgehead atoms. The minimum atomic E-state index is -1.29. The van der Waals surface area contributed by atoms with Crippen LogP contribution in [0.2, 0.25) is 0 Å². The largest absolute Gasteiger partial charge is 0.463 e. The summed E-state index contributed by atoms with van der Waals surface area (Å²) in [6.07, 6.45) is -4.50. The molecule has 2 rings (SSSR count). The molecule has 0 aromatic heterocycles. The molecule has 0 aliphatic carbocycles. The second-order valence-corrected chi connectivity index (χ2v) is 6.96. The molecule has 1 aliphatic heterocycles. The van der Waals surface area contributed by atoms with E-state index in [0.29, 0.717) is 5.75 Å². The molecule has 32 heavy (non-hydrogen) atoms. The van der Waals surface area contributed by atoms with Crippen LogP contribution in [0.4, 0.5) is 0 Å². The zero-order valence-corrected chi connectivity index (χ0v) is 18.3. The molecule has 1 saturated heterocycles. The summed E-state index contributed by atoms with van der Waals surface area (Å²) in [5.41, 5.74) is 0.846. The van der Waals surface area contributed by atoms with Crippen LogP contribution in [-0.2, 0) is 42.9 Å². The average Bonchev–Trinajstić information content (AvgIpc) is 2.70. The van der Waals surface area contributed by atoms with Crippen molar-refractivity contribution in [2.45, 2.75) is 58.4 Å². The van der Waals surface area contributed by atoms with Gasteiger partial charge < -0.3 is 28.4 Å². The van der Waals surface area contributed by atoms with Gasteiger partial charge in [0.15, 0.2) is 12.2 Å². The molecule has 5 atom stereocenters. The molecule has 1 heterocycles. The summed E-state index contributed by atoms with van der Waals surface area (Å²) in [5.74, 6) is -2.36. The van der Waals surface area contributed by atoms with Crippen LogP contribution in [0.5, 0.6) is 5.75 Å². The number of rotatable bonds is 8. The SMILES string of the molecule is C=Cc1ccc(O[C@@H]2O[C@@H](COC(C)=O)[C@H](OC(C)=O)[C@H](OC(C)=O)[C@@H]2OC(C)=O)cc1. The van der Waals surface area contributed by atoms with Crippen molar-refractivity contribution < 1.29 is 47.6 Å². The highest BCUT2D eigenvalue weighted by Gasteiger charge is 2.53. The molecule has 0 N–H and O–H groups in total. The maximum absolute atomic E-state index is 11.8. The van der Waals surface area contributed by atoms with E-state index in [4.69, 9.17) is 28.4 Å². The number of hydrogen-bond donors (Lipinski definition) is 0. The summed E-state index contributed by atoms with van der Waals surface area (Å²) in [4.78, 5) is 46.6. The van der Waals surface area contributed by atoms with Gasteiger partial charge in [0.25, 0.3) is 0 Å². The first-order chi connectivity index (χ1) is 15.1. The zero-order chi connectivity index (χ0) is 23.8. The van der Waals surface area contributed by atoms with Gasteiger partial charge in [-0.15, -0.1) is 0 Å². The number of hydrogen-bond acceptors (Lipinski definition) is 10. The Morgan fingerprint density at radius 2 is 1.38 bits per heavy atom. The Morgan fingerprint density at radius 3 is 1.88 bits per heavy atom. The van der Waals surface area contributed by atoms with Crippen molar-refractivity contribution in [1.29, 1.82) is 0 Å². The highest BCUT2D eigenvalue weighted by Crippen LogP contribution is 2.31. The van der Waals surface area contributed by atoms with E-state index in [9.17, 15) is 19.2 Å². The monoisotopic (exact) mass is 450 g/mol. The van der Waals surface area contributed by atoms with Crippen molar-refractivity contribution in [3.05, 3.63) is 36.4 Å². The van der Waals surface area contributed by atoms with Crippen molar-refractivity contribution in [2.75, 3.05) is 6.61 Å². The lowest BCUT2D eigenvalue weighted by Gasteiger charge is -2.43. The molecule has 174 valence electrons. The molecule has 1 fully saturated rings. The second kappa shape index (κ2) is 11.3. The minimum Gasteiger partial charge on any atom is -0.463 e. The Morgan fingerprint density at radius 1 is 0.844 bits per heavy atom. The van der Waals surface area contributed by atoms with E-state index in [1.165, 1.54) is 6.92 Å². The van der Waals surface area contributed by atoms with E-state index < -0.39 is 54.6 Å². The van der Waals surface area contributed by atoms with Crippen LogP contribution in [-0.4, -0.2) is 61.2 Å². The number of carbonyl (C=O) groups excluding carboxylic acids is 4. The van der Waals surface area contributed by atoms with Crippen LogP contribution >= 0.6 is 0 Å².